The third kappa shape index (κ3) is 4.96. The second-order valence-corrected chi connectivity index (χ2v) is 3.56. The minimum Gasteiger partial charge on any atom is -0.481 e. The van der Waals surface area contributed by atoms with Crippen LogP contribution in [0.3, 0.4) is 0 Å². The van der Waals surface area contributed by atoms with Crippen LogP contribution in [0.2, 0.25) is 0 Å². The SMILES string of the molecule is CC(CNC(=O)NCCc1ncn[nH]1)C(=O)O. The van der Waals surface area contributed by atoms with E-state index in [-0.39, 0.29) is 6.54 Å². The predicted octanol–water partition coefficient (Wildman–Crippen LogP) is -0.633. The maximum atomic E-state index is 11.2. The summed E-state index contributed by atoms with van der Waals surface area (Å²) in [5.41, 5.74) is 0. The van der Waals surface area contributed by atoms with Crippen molar-refractivity contribution in [3.63, 3.8) is 0 Å². The van der Waals surface area contributed by atoms with E-state index in [2.05, 4.69) is 25.8 Å². The van der Waals surface area contributed by atoms with Crippen molar-refractivity contribution >= 4 is 12.0 Å². The molecule has 94 valence electrons. The molecule has 0 aliphatic carbocycles. The average molecular weight is 241 g/mol. The van der Waals surface area contributed by atoms with Crippen molar-refractivity contribution in [3.8, 4) is 0 Å². The molecule has 0 radical (unpaired) electrons. The second-order valence-electron chi connectivity index (χ2n) is 3.56. The van der Waals surface area contributed by atoms with Gasteiger partial charge in [-0.25, -0.2) is 9.78 Å². The number of nitrogens with one attached hydrogen (secondary N) is 3. The first kappa shape index (κ1) is 12.9. The maximum Gasteiger partial charge on any atom is 0.314 e. The van der Waals surface area contributed by atoms with Crippen LogP contribution in [-0.2, 0) is 11.2 Å². The minimum atomic E-state index is -0.938. The molecule has 8 nitrogen and oxygen atoms in total. The number of aromatic amines is 1. The summed E-state index contributed by atoms with van der Waals surface area (Å²) < 4.78 is 0. The van der Waals surface area contributed by atoms with Crippen molar-refractivity contribution in [2.24, 2.45) is 5.92 Å². The van der Waals surface area contributed by atoms with Crippen molar-refractivity contribution in [2.75, 3.05) is 13.1 Å². The van der Waals surface area contributed by atoms with Gasteiger partial charge in [-0.3, -0.25) is 9.89 Å². The third-order valence-electron chi connectivity index (χ3n) is 2.10. The lowest BCUT2D eigenvalue weighted by Gasteiger charge is -2.09. The van der Waals surface area contributed by atoms with Crippen molar-refractivity contribution in [1.29, 1.82) is 0 Å². The molecule has 2 amide bonds. The van der Waals surface area contributed by atoms with Gasteiger partial charge in [0.1, 0.15) is 12.2 Å². The summed E-state index contributed by atoms with van der Waals surface area (Å²) in [7, 11) is 0. The fourth-order valence-electron chi connectivity index (χ4n) is 1.04. The van der Waals surface area contributed by atoms with Gasteiger partial charge in [0.2, 0.25) is 0 Å². The molecule has 1 aromatic heterocycles. The Bertz CT molecular complexity index is 365. The van der Waals surface area contributed by atoms with E-state index in [1.165, 1.54) is 13.3 Å². The van der Waals surface area contributed by atoms with Crippen LogP contribution in [0.1, 0.15) is 12.7 Å². The standard InChI is InChI=1S/C9H15N5O3/c1-6(8(15)16)4-11-9(17)10-3-2-7-12-5-13-14-7/h5-6H,2-4H2,1H3,(H,15,16)(H2,10,11,17)(H,12,13,14). The number of carboxylic acid groups (broad SMARTS) is 1. The van der Waals surface area contributed by atoms with Gasteiger partial charge in [-0.2, -0.15) is 5.10 Å². The van der Waals surface area contributed by atoms with Crippen LogP contribution in [0.5, 0.6) is 0 Å². The molecule has 0 saturated heterocycles. The summed E-state index contributed by atoms with van der Waals surface area (Å²) in [6, 6.07) is -0.391. The molecular formula is C9H15N5O3. The smallest absolute Gasteiger partial charge is 0.314 e. The van der Waals surface area contributed by atoms with Gasteiger partial charge in [-0.15, -0.1) is 0 Å². The van der Waals surface area contributed by atoms with Gasteiger partial charge in [0.05, 0.1) is 5.92 Å². The number of aromatic nitrogens is 3. The first-order chi connectivity index (χ1) is 8.09. The van der Waals surface area contributed by atoms with Crippen LogP contribution in [0.15, 0.2) is 6.33 Å². The molecule has 0 aromatic carbocycles. The number of hydrogen-bond donors (Lipinski definition) is 4. The Hall–Kier alpha value is -2.12. The van der Waals surface area contributed by atoms with Crippen LogP contribution in [-0.4, -0.2) is 45.4 Å². The van der Waals surface area contributed by atoms with E-state index in [1.54, 1.807) is 0 Å². The quantitative estimate of drug-likeness (QED) is 0.528. The molecule has 1 aromatic rings. The van der Waals surface area contributed by atoms with Crippen molar-refractivity contribution in [1.82, 2.24) is 25.8 Å². The Kier molecular flexibility index (Phi) is 4.92. The summed E-state index contributed by atoms with van der Waals surface area (Å²) in [4.78, 5) is 25.6. The molecule has 0 aliphatic rings. The fourth-order valence-corrected chi connectivity index (χ4v) is 1.04. The number of carbonyl (C=O) groups excluding carboxylic acids is 1. The van der Waals surface area contributed by atoms with Gasteiger partial charge in [-0.05, 0) is 0 Å². The van der Waals surface area contributed by atoms with E-state index < -0.39 is 17.9 Å². The largest absolute Gasteiger partial charge is 0.481 e. The van der Waals surface area contributed by atoms with Gasteiger partial charge in [0, 0.05) is 19.5 Å². The Morgan fingerprint density at radius 1 is 1.53 bits per heavy atom. The van der Waals surface area contributed by atoms with Gasteiger partial charge < -0.3 is 15.7 Å². The number of hydrogen-bond acceptors (Lipinski definition) is 4. The number of amides is 2. The molecule has 4 N–H and O–H groups in total. The first-order valence-corrected chi connectivity index (χ1v) is 5.18. The lowest BCUT2D eigenvalue weighted by molar-refractivity contribution is -0.140. The molecule has 0 saturated carbocycles. The van der Waals surface area contributed by atoms with Crippen molar-refractivity contribution in [3.05, 3.63) is 12.2 Å². The zero-order valence-corrected chi connectivity index (χ0v) is 9.43. The van der Waals surface area contributed by atoms with Crippen LogP contribution in [0.25, 0.3) is 0 Å². The Morgan fingerprint density at radius 3 is 2.88 bits per heavy atom. The molecule has 0 spiro atoms. The third-order valence-corrected chi connectivity index (χ3v) is 2.10. The molecule has 8 heteroatoms. The van der Waals surface area contributed by atoms with E-state index in [0.29, 0.717) is 18.8 Å². The van der Waals surface area contributed by atoms with Crippen LogP contribution >= 0.6 is 0 Å². The average Bonchev–Trinajstić information content (AvgIpc) is 2.78. The normalized spacial score (nSPS) is 11.8. The monoisotopic (exact) mass is 241 g/mol. The lowest BCUT2D eigenvalue weighted by atomic mass is 10.2. The number of urea groups is 1. The highest BCUT2D eigenvalue weighted by atomic mass is 16.4. The summed E-state index contributed by atoms with van der Waals surface area (Å²) in [6.07, 6.45) is 1.94. The summed E-state index contributed by atoms with van der Waals surface area (Å²) >= 11 is 0. The summed E-state index contributed by atoms with van der Waals surface area (Å²) in [5.74, 6) is -0.855. The highest BCUT2D eigenvalue weighted by molar-refractivity contribution is 5.75. The van der Waals surface area contributed by atoms with Crippen LogP contribution in [0, 0.1) is 5.92 Å². The van der Waals surface area contributed by atoms with Gasteiger partial charge in [0.15, 0.2) is 0 Å². The number of aliphatic carboxylic acids is 1. The van der Waals surface area contributed by atoms with E-state index >= 15 is 0 Å². The fraction of sp³-hybridized carbons (Fsp3) is 0.556. The van der Waals surface area contributed by atoms with Gasteiger partial charge in [0.25, 0.3) is 0 Å². The highest BCUT2D eigenvalue weighted by Gasteiger charge is 2.11. The molecule has 1 atom stereocenters. The molecule has 0 aliphatic heterocycles. The minimum absolute atomic E-state index is 0.101. The zero-order valence-electron chi connectivity index (χ0n) is 9.43. The first-order valence-electron chi connectivity index (χ1n) is 5.18. The van der Waals surface area contributed by atoms with Crippen molar-refractivity contribution < 1.29 is 14.7 Å². The summed E-state index contributed by atoms with van der Waals surface area (Å²) in [5, 5.41) is 20.0. The molecule has 0 bridgehead atoms. The van der Waals surface area contributed by atoms with Gasteiger partial charge >= 0.3 is 12.0 Å². The molecule has 1 heterocycles. The maximum absolute atomic E-state index is 11.2. The van der Waals surface area contributed by atoms with Crippen LogP contribution < -0.4 is 10.6 Å². The Labute approximate surface area is 97.8 Å². The van der Waals surface area contributed by atoms with Crippen molar-refractivity contribution in [2.45, 2.75) is 13.3 Å². The Balaban J connectivity index is 2.11. The second kappa shape index (κ2) is 6.46. The highest BCUT2D eigenvalue weighted by Crippen LogP contribution is 1.91. The van der Waals surface area contributed by atoms with E-state index in [0.717, 1.165) is 0 Å². The number of rotatable bonds is 6. The number of H-pyrrole nitrogens is 1. The van der Waals surface area contributed by atoms with Gasteiger partial charge in [-0.1, -0.05) is 6.92 Å². The summed E-state index contributed by atoms with van der Waals surface area (Å²) in [6.45, 7) is 2.03. The predicted molar refractivity (Wildman–Crippen MR) is 58.3 cm³/mol. The number of carbonyl (C=O) groups is 2. The van der Waals surface area contributed by atoms with E-state index in [1.807, 2.05) is 0 Å². The van der Waals surface area contributed by atoms with Crippen LogP contribution in [0.4, 0.5) is 4.79 Å². The topological polar surface area (TPSA) is 120 Å². The number of carboxylic acids is 1. The number of nitrogens with zero attached hydrogens (tertiary/aromatic N) is 2. The zero-order chi connectivity index (χ0) is 12.7. The molecule has 1 rings (SSSR count). The van der Waals surface area contributed by atoms with E-state index in [4.69, 9.17) is 5.11 Å². The molecular weight excluding hydrogens is 226 g/mol. The molecule has 0 fully saturated rings. The van der Waals surface area contributed by atoms with E-state index in [9.17, 15) is 9.59 Å². The Morgan fingerprint density at radius 2 is 2.29 bits per heavy atom. The molecule has 1 unspecified atom stereocenters. The lowest BCUT2D eigenvalue weighted by Crippen LogP contribution is -2.40. The molecule has 17 heavy (non-hydrogen) atoms.